The van der Waals surface area contributed by atoms with Crippen molar-refractivity contribution in [3.05, 3.63) is 39.2 Å². The number of nitrogens with one attached hydrogen (secondary N) is 1. The van der Waals surface area contributed by atoms with Gasteiger partial charge in [-0.25, -0.2) is 13.4 Å². The minimum Gasteiger partial charge on any atom is -0.493 e. The molecule has 1 aliphatic heterocycles. The average molecular weight is 522 g/mol. The summed E-state index contributed by atoms with van der Waals surface area (Å²) >= 11 is 0. The topological polar surface area (TPSA) is 163 Å². The Morgan fingerprint density at radius 3 is 2.44 bits per heavy atom. The van der Waals surface area contributed by atoms with Gasteiger partial charge in [-0.2, -0.15) is 9.40 Å². The summed E-state index contributed by atoms with van der Waals surface area (Å²) in [5.74, 6) is 0.718. The molecular formula is C22H31N7O6S. The van der Waals surface area contributed by atoms with E-state index in [0.717, 1.165) is 12.1 Å². The number of likely N-dealkylation sites (N-methyl/N-ethyl adjacent to an activating group) is 1. The zero-order chi connectivity index (χ0) is 26.5. The molecule has 0 spiro atoms. The molecule has 0 unspecified atom stereocenters. The van der Waals surface area contributed by atoms with Crippen LogP contribution in [0.5, 0.6) is 5.75 Å². The van der Waals surface area contributed by atoms with Crippen LogP contribution in [0.1, 0.15) is 26.0 Å². The number of fused-ring (bicyclic) bond motifs is 1. The fourth-order valence-electron chi connectivity index (χ4n) is 4.09. The Labute approximate surface area is 208 Å². The first-order valence-corrected chi connectivity index (χ1v) is 13.0. The van der Waals surface area contributed by atoms with Crippen molar-refractivity contribution in [2.24, 2.45) is 12.4 Å². The molecule has 0 aliphatic carbocycles. The summed E-state index contributed by atoms with van der Waals surface area (Å²) in [6.45, 7) is 6.48. The monoisotopic (exact) mass is 521 g/mol. The molecule has 13 nitrogen and oxygen atoms in total. The normalized spacial score (nSPS) is 14.9. The van der Waals surface area contributed by atoms with Crippen molar-refractivity contribution in [3.8, 4) is 17.1 Å². The van der Waals surface area contributed by atoms with Crippen molar-refractivity contribution < 1.29 is 18.4 Å². The molecule has 0 amide bonds. The van der Waals surface area contributed by atoms with Crippen LogP contribution in [0.15, 0.2) is 33.2 Å². The number of aryl methyl sites for hydroxylation is 2. The summed E-state index contributed by atoms with van der Waals surface area (Å²) in [5, 5.41) is 12.3. The fraction of sp³-hybridized carbons (Fsp3) is 0.500. The number of nitrogens with zero attached hydrogens (tertiary/aromatic N) is 6. The predicted molar refractivity (Wildman–Crippen MR) is 134 cm³/mol. The van der Waals surface area contributed by atoms with E-state index in [1.54, 1.807) is 25.2 Å². The quantitative estimate of drug-likeness (QED) is 0.348. The van der Waals surface area contributed by atoms with Gasteiger partial charge in [0.2, 0.25) is 10.0 Å². The minimum absolute atomic E-state index is 0.147. The van der Waals surface area contributed by atoms with Gasteiger partial charge >= 0.3 is 0 Å². The highest BCUT2D eigenvalue weighted by molar-refractivity contribution is 7.89. The van der Waals surface area contributed by atoms with Crippen molar-refractivity contribution in [2.75, 3.05) is 39.8 Å². The number of ether oxygens (including phenoxy) is 1. The molecule has 4 rings (SSSR count). The van der Waals surface area contributed by atoms with E-state index in [4.69, 9.17) is 19.8 Å². The number of rotatable bonds is 7. The lowest BCUT2D eigenvalue weighted by Gasteiger charge is -2.31. The highest BCUT2D eigenvalue weighted by atomic mass is 32.2. The van der Waals surface area contributed by atoms with Crippen LogP contribution in [-0.4, -0.2) is 82.4 Å². The maximum Gasteiger partial charge on any atom is 0.277 e. The van der Waals surface area contributed by atoms with Gasteiger partial charge in [0.1, 0.15) is 17.1 Å². The Bertz CT molecular complexity index is 1380. The Balaban J connectivity index is 0.00000115. The van der Waals surface area contributed by atoms with Gasteiger partial charge in [0.05, 0.1) is 22.8 Å². The molecule has 0 saturated carbocycles. The van der Waals surface area contributed by atoms with E-state index in [0.29, 0.717) is 61.6 Å². The Hall–Kier alpha value is -3.36. The molecule has 1 saturated heterocycles. The minimum atomic E-state index is -3.70. The maximum atomic E-state index is 13.3. The average Bonchev–Trinajstić information content (AvgIpc) is 3.16. The summed E-state index contributed by atoms with van der Waals surface area (Å²) in [6.07, 6.45) is 1.54. The molecule has 3 aromatic rings. The van der Waals surface area contributed by atoms with E-state index in [1.165, 1.54) is 14.3 Å². The number of benzene rings is 1. The first-order chi connectivity index (χ1) is 17.2. The summed E-state index contributed by atoms with van der Waals surface area (Å²) in [7, 11) is -0.00831. The lowest BCUT2D eigenvalue weighted by atomic mass is 10.1. The predicted octanol–water partition coefficient (Wildman–Crippen LogP) is 1.75. The zero-order valence-electron chi connectivity index (χ0n) is 20.8. The third-order valence-electron chi connectivity index (χ3n) is 5.86. The number of hydrogen-bond acceptors (Lipinski definition) is 9. The number of aromatic amines is 1. The highest BCUT2D eigenvalue weighted by Gasteiger charge is 2.29. The first kappa shape index (κ1) is 27.2. The standard InChI is InChI=1S/C22H30N6O4S.HNO2/c1-5-7-17-19-20(27(4)25-17)22(29)24-21(23-19)16-14-15(8-9-18(16)32-6-2)33(30,31)28-12-10-26(3)11-13-28;2-1-3/h8-9,14H,5-7,10-13H2,1-4H3,(H,23,24,29);(H,2,3). The van der Waals surface area contributed by atoms with Crippen molar-refractivity contribution in [1.29, 1.82) is 0 Å². The van der Waals surface area contributed by atoms with Crippen LogP contribution in [0.2, 0.25) is 0 Å². The van der Waals surface area contributed by atoms with Crippen molar-refractivity contribution in [3.63, 3.8) is 0 Å². The van der Waals surface area contributed by atoms with Crippen LogP contribution in [0.25, 0.3) is 22.4 Å². The maximum absolute atomic E-state index is 13.3. The molecule has 2 aromatic heterocycles. The zero-order valence-corrected chi connectivity index (χ0v) is 21.6. The lowest BCUT2D eigenvalue weighted by Crippen LogP contribution is -2.47. The molecule has 0 atom stereocenters. The fourth-order valence-corrected chi connectivity index (χ4v) is 5.54. The van der Waals surface area contributed by atoms with Gasteiger partial charge in [0.15, 0.2) is 10.9 Å². The van der Waals surface area contributed by atoms with Gasteiger partial charge in [-0.1, -0.05) is 13.3 Å². The first-order valence-electron chi connectivity index (χ1n) is 11.6. The van der Waals surface area contributed by atoms with Crippen LogP contribution in [0, 0.1) is 4.91 Å². The van der Waals surface area contributed by atoms with Gasteiger partial charge in [-0.3, -0.25) is 9.48 Å². The van der Waals surface area contributed by atoms with E-state index in [-0.39, 0.29) is 16.3 Å². The molecule has 36 heavy (non-hydrogen) atoms. The molecule has 14 heteroatoms. The summed E-state index contributed by atoms with van der Waals surface area (Å²) in [5.41, 5.74) is 1.75. The second-order valence-corrected chi connectivity index (χ2v) is 10.2. The molecule has 0 bridgehead atoms. The SMILES string of the molecule is CCCc1nn(C)c2c(=O)[nH]c(-c3cc(S(=O)(=O)N4CCN(C)CC4)ccc3OCC)nc12.O=NO. The smallest absolute Gasteiger partial charge is 0.277 e. The van der Waals surface area contributed by atoms with Crippen molar-refractivity contribution in [2.45, 2.75) is 31.6 Å². The van der Waals surface area contributed by atoms with E-state index < -0.39 is 10.0 Å². The van der Waals surface area contributed by atoms with Crippen LogP contribution >= 0.6 is 0 Å². The van der Waals surface area contributed by atoms with Crippen molar-refractivity contribution in [1.82, 2.24) is 29.0 Å². The summed E-state index contributed by atoms with van der Waals surface area (Å²) in [4.78, 5) is 30.8. The van der Waals surface area contributed by atoms with Gasteiger partial charge in [0.25, 0.3) is 5.56 Å². The van der Waals surface area contributed by atoms with Crippen LogP contribution in [0.3, 0.4) is 0 Å². The summed E-state index contributed by atoms with van der Waals surface area (Å²) < 4.78 is 35.4. The largest absolute Gasteiger partial charge is 0.493 e. The summed E-state index contributed by atoms with van der Waals surface area (Å²) in [6, 6.07) is 4.71. The Morgan fingerprint density at radius 2 is 1.83 bits per heavy atom. The van der Waals surface area contributed by atoms with Gasteiger partial charge < -0.3 is 19.8 Å². The molecule has 1 aliphatic rings. The number of hydrogen-bond donors (Lipinski definition) is 2. The second kappa shape index (κ2) is 11.6. The Kier molecular flexibility index (Phi) is 8.76. The van der Waals surface area contributed by atoms with Crippen molar-refractivity contribution >= 4 is 21.1 Å². The van der Waals surface area contributed by atoms with E-state index in [1.807, 2.05) is 20.9 Å². The van der Waals surface area contributed by atoms with Gasteiger partial charge in [-0.15, -0.1) is 4.91 Å². The molecule has 196 valence electrons. The Morgan fingerprint density at radius 1 is 1.17 bits per heavy atom. The molecule has 1 aromatic carbocycles. The number of H-pyrrole nitrogens is 1. The van der Waals surface area contributed by atoms with Crippen LogP contribution in [-0.2, 0) is 23.5 Å². The van der Waals surface area contributed by atoms with Crippen LogP contribution < -0.4 is 10.3 Å². The molecule has 3 heterocycles. The van der Waals surface area contributed by atoms with E-state index >= 15 is 0 Å². The van der Waals surface area contributed by atoms with Gasteiger partial charge in [0, 0.05) is 33.2 Å². The van der Waals surface area contributed by atoms with E-state index in [2.05, 4.69) is 15.0 Å². The van der Waals surface area contributed by atoms with Crippen LogP contribution in [0.4, 0.5) is 0 Å². The number of sulfonamides is 1. The second-order valence-electron chi connectivity index (χ2n) is 8.31. The lowest BCUT2D eigenvalue weighted by molar-refractivity contribution is 0.222. The molecule has 1 fully saturated rings. The van der Waals surface area contributed by atoms with Gasteiger partial charge in [-0.05, 0) is 38.6 Å². The third kappa shape index (κ3) is 5.55. The molecular weight excluding hydrogens is 490 g/mol. The van der Waals surface area contributed by atoms with E-state index in [9.17, 15) is 13.2 Å². The highest BCUT2D eigenvalue weighted by Crippen LogP contribution is 2.32. The number of piperazine rings is 1. The molecule has 0 radical (unpaired) electrons. The number of aromatic nitrogens is 4. The third-order valence-corrected chi connectivity index (χ3v) is 7.75. The molecule has 2 N–H and O–H groups in total.